The van der Waals surface area contributed by atoms with Crippen LogP contribution in [0.2, 0.25) is 5.02 Å². The molecule has 1 aromatic carbocycles. The van der Waals surface area contributed by atoms with Gasteiger partial charge in [-0.05, 0) is 41.8 Å². The summed E-state index contributed by atoms with van der Waals surface area (Å²) < 4.78 is 27.8. The Morgan fingerprint density at radius 1 is 0.953 bits per heavy atom. The van der Waals surface area contributed by atoms with E-state index >= 15 is 0 Å². The number of rotatable bonds is 8. The van der Waals surface area contributed by atoms with Crippen LogP contribution >= 0.6 is 34.7 Å². The first kappa shape index (κ1) is 32.2. The number of ether oxygens (including phenoxy) is 5. The summed E-state index contributed by atoms with van der Waals surface area (Å²) in [6.45, 7) is 4.23. The number of aliphatic imine (C=N–C) groups is 1. The zero-order chi connectivity index (χ0) is 31.3. The van der Waals surface area contributed by atoms with Gasteiger partial charge in [-0.15, -0.1) is 11.3 Å². The molecule has 228 valence electrons. The van der Waals surface area contributed by atoms with Crippen LogP contribution in [0.15, 0.2) is 52.5 Å². The van der Waals surface area contributed by atoms with Crippen molar-refractivity contribution in [1.82, 2.24) is 0 Å². The number of hydrogen-bond acceptors (Lipinski definition) is 13. The number of anilines is 1. The Morgan fingerprint density at radius 3 is 2.16 bits per heavy atom. The van der Waals surface area contributed by atoms with Crippen molar-refractivity contribution in [3.63, 3.8) is 0 Å². The molecule has 0 spiro atoms. The van der Waals surface area contributed by atoms with Crippen LogP contribution in [0.1, 0.15) is 32.6 Å². The number of amidine groups is 1. The van der Waals surface area contributed by atoms with Gasteiger partial charge in [-0.2, -0.15) is 0 Å². The topological polar surface area (TPSA) is 147 Å². The van der Waals surface area contributed by atoms with Crippen molar-refractivity contribution in [2.24, 2.45) is 4.99 Å². The molecule has 3 heterocycles. The standard InChI is InChI=1S/C28H27ClN2O10S2/c1-14(32)37-13-22-23(38-15(2)33)24(39-16(3)34)25(40-17(4)35)27(41-22)43-28-30-21(12-20-6-5-11-42-20)26(36)31(28)19-9-7-18(29)8-10-19/h5-12,22-25,27H,13H2,1-4H3/b21-12-/t22-,23+,24+,25+,27+/m0/s1. The third-order valence-corrected chi connectivity index (χ3v) is 8.07. The number of thiophene rings is 1. The van der Waals surface area contributed by atoms with E-state index in [1.807, 2.05) is 17.5 Å². The highest BCUT2D eigenvalue weighted by Crippen LogP contribution is 2.39. The van der Waals surface area contributed by atoms with Crippen molar-refractivity contribution in [3.8, 4) is 0 Å². The van der Waals surface area contributed by atoms with E-state index in [2.05, 4.69) is 4.99 Å². The summed E-state index contributed by atoms with van der Waals surface area (Å²) in [5.74, 6) is -3.32. The summed E-state index contributed by atoms with van der Waals surface area (Å²) in [4.78, 5) is 68.4. The van der Waals surface area contributed by atoms with Crippen LogP contribution < -0.4 is 4.90 Å². The molecule has 15 heteroatoms. The van der Waals surface area contributed by atoms with Gasteiger partial charge in [-0.25, -0.2) is 4.99 Å². The van der Waals surface area contributed by atoms with E-state index in [1.165, 1.54) is 23.2 Å². The summed E-state index contributed by atoms with van der Waals surface area (Å²) in [6.07, 6.45) is -3.52. The Hall–Kier alpha value is -3.72. The Labute approximate surface area is 259 Å². The molecular weight excluding hydrogens is 624 g/mol. The average Bonchev–Trinajstić information content (AvgIpc) is 3.54. The van der Waals surface area contributed by atoms with Gasteiger partial charge in [0.2, 0.25) is 0 Å². The molecule has 1 fully saturated rings. The molecule has 0 radical (unpaired) electrons. The van der Waals surface area contributed by atoms with Crippen molar-refractivity contribution < 1.29 is 47.7 Å². The zero-order valence-corrected chi connectivity index (χ0v) is 25.8. The summed E-state index contributed by atoms with van der Waals surface area (Å²) >= 11 is 8.41. The molecule has 0 unspecified atom stereocenters. The molecule has 2 aliphatic heterocycles. The zero-order valence-electron chi connectivity index (χ0n) is 23.4. The largest absolute Gasteiger partial charge is 0.463 e. The lowest BCUT2D eigenvalue weighted by Gasteiger charge is -2.44. The fraction of sp³-hybridized carbons (Fsp3) is 0.357. The smallest absolute Gasteiger partial charge is 0.303 e. The molecule has 5 atom stereocenters. The average molecular weight is 651 g/mol. The Bertz CT molecular complexity index is 1440. The van der Waals surface area contributed by atoms with Crippen LogP contribution in [0, 0.1) is 0 Å². The van der Waals surface area contributed by atoms with Crippen LogP contribution in [-0.2, 0) is 47.7 Å². The predicted octanol–water partition coefficient (Wildman–Crippen LogP) is 3.96. The minimum atomic E-state index is -1.36. The van der Waals surface area contributed by atoms with E-state index in [9.17, 15) is 24.0 Å². The molecule has 43 heavy (non-hydrogen) atoms. The number of amides is 1. The second-order valence-electron chi connectivity index (χ2n) is 9.24. The first-order valence-electron chi connectivity index (χ1n) is 12.8. The van der Waals surface area contributed by atoms with Crippen LogP contribution in [0.3, 0.4) is 0 Å². The SMILES string of the molecule is CC(=O)OC[C@@H]1O[C@H](SC2=N/C(=C\c3cccs3)C(=O)N2c2ccc(Cl)cc2)[C@H](OC(C)=O)[C@H](OC(C)=O)[C@@H]1OC(C)=O. The minimum absolute atomic E-state index is 0.130. The Balaban J connectivity index is 1.78. The third-order valence-electron chi connectivity index (χ3n) is 5.91. The molecular formula is C28H27ClN2O10S2. The highest BCUT2D eigenvalue weighted by molar-refractivity contribution is 8.14. The minimum Gasteiger partial charge on any atom is -0.463 e. The van der Waals surface area contributed by atoms with E-state index in [-0.39, 0.29) is 17.5 Å². The van der Waals surface area contributed by atoms with Gasteiger partial charge in [0.15, 0.2) is 28.9 Å². The van der Waals surface area contributed by atoms with Gasteiger partial charge >= 0.3 is 23.9 Å². The predicted molar refractivity (Wildman–Crippen MR) is 158 cm³/mol. The molecule has 0 aliphatic carbocycles. The van der Waals surface area contributed by atoms with Crippen LogP contribution in [0.25, 0.3) is 6.08 Å². The lowest BCUT2D eigenvalue weighted by atomic mass is 9.99. The molecule has 12 nitrogen and oxygen atoms in total. The molecule has 1 amide bonds. The summed E-state index contributed by atoms with van der Waals surface area (Å²) in [5.41, 5.74) is -0.602. The van der Waals surface area contributed by atoms with Crippen molar-refractivity contribution >= 4 is 81.4 Å². The Morgan fingerprint density at radius 2 is 1.58 bits per heavy atom. The van der Waals surface area contributed by atoms with Gasteiger partial charge in [0.25, 0.3) is 5.91 Å². The first-order valence-corrected chi connectivity index (χ1v) is 15.0. The second-order valence-corrected chi connectivity index (χ2v) is 11.7. The number of hydrogen-bond donors (Lipinski definition) is 0. The van der Waals surface area contributed by atoms with Crippen molar-refractivity contribution in [2.45, 2.75) is 57.5 Å². The second kappa shape index (κ2) is 14.2. The third kappa shape index (κ3) is 8.22. The number of benzene rings is 1. The summed E-state index contributed by atoms with van der Waals surface area (Å²) in [5, 5.41) is 2.46. The van der Waals surface area contributed by atoms with Gasteiger partial charge in [0.05, 0.1) is 5.69 Å². The van der Waals surface area contributed by atoms with Crippen molar-refractivity contribution in [2.75, 3.05) is 11.5 Å². The van der Waals surface area contributed by atoms with E-state index in [0.29, 0.717) is 10.7 Å². The molecule has 0 saturated carbocycles. The number of carbonyl (C=O) groups excluding carboxylic acids is 5. The number of carbonyl (C=O) groups is 5. The number of thioether (sulfide) groups is 1. The van der Waals surface area contributed by atoms with Crippen molar-refractivity contribution in [1.29, 1.82) is 0 Å². The summed E-state index contributed by atoms with van der Waals surface area (Å²) in [7, 11) is 0. The van der Waals surface area contributed by atoms with Crippen molar-refractivity contribution in [3.05, 3.63) is 57.4 Å². The molecule has 2 aliphatic rings. The number of halogens is 1. The van der Waals surface area contributed by atoms with Gasteiger partial charge in [0, 0.05) is 37.6 Å². The molecule has 1 saturated heterocycles. The fourth-order valence-corrected chi connectivity index (χ4v) is 6.26. The maximum absolute atomic E-state index is 13.6. The summed E-state index contributed by atoms with van der Waals surface area (Å²) in [6, 6.07) is 10.2. The quantitative estimate of drug-likeness (QED) is 0.232. The Kier molecular flexibility index (Phi) is 10.6. The highest BCUT2D eigenvalue weighted by Gasteiger charge is 2.53. The van der Waals surface area contributed by atoms with Crippen LogP contribution in [0.5, 0.6) is 0 Å². The molecule has 1 aromatic heterocycles. The number of esters is 4. The molecule has 4 rings (SSSR count). The van der Waals surface area contributed by atoms with Crippen LogP contribution in [0.4, 0.5) is 5.69 Å². The van der Waals surface area contributed by atoms with Crippen LogP contribution in [-0.4, -0.2) is 71.4 Å². The highest BCUT2D eigenvalue weighted by atomic mass is 35.5. The lowest BCUT2D eigenvalue weighted by Crippen LogP contribution is -2.61. The lowest BCUT2D eigenvalue weighted by molar-refractivity contribution is -0.237. The monoisotopic (exact) mass is 650 g/mol. The van der Waals surface area contributed by atoms with Gasteiger partial charge in [0.1, 0.15) is 18.4 Å². The van der Waals surface area contributed by atoms with E-state index in [1.54, 1.807) is 30.3 Å². The molecule has 2 aromatic rings. The van der Waals surface area contributed by atoms with E-state index in [4.69, 9.17) is 35.3 Å². The van der Waals surface area contributed by atoms with E-state index < -0.39 is 59.6 Å². The molecule has 0 N–H and O–H groups in total. The maximum atomic E-state index is 13.6. The normalized spacial score (nSPS) is 24.3. The van der Waals surface area contributed by atoms with Gasteiger partial charge < -0.3 is 23.7 Å². The van der Waals surface area contributed by atoms with Gasteiger partial charge in [-0.3, -0.25) is 28.9 Å². The van der Waals surface area contributed by atoms with E-state index in [0.717, 1.165) is 37.4 Å². The first-order chi connectivity index (χ1) is 20.4. The molecule has 0 bridgehead atoms. The fourth-order valence-electron chi connectivity index (χ4n) is 4.29. The number of nitrogens with zero attached hydrogens (tertiary/aromatic N) is 2. The van der Waals surface area contributed by atoms with Gasteiger partial charge in [-0.1, -0.05) is 29.4 Å². The maximum Gasteiger partial charge on any atom is 0.303 e.